The van der Waals surface area contributed by atoms with E-state index in [4.69, 9.17) is 15.2 Å². The van der Waals surface area contributed by atoms with Crippen LogP contribution in [0.3, 0.4) is 0 Å². The van der Waals surface area contributed by atoms with Gasteiger partial charge in [-0.2, -0.15) is 0 Å². The van der Waals surface area contributed by atoms with Gasteiger partial charge < -0.3 is 20.5 Å². The number of carbonyl (C=O) groups excluding carboxylic acids is 1. The second-order valence-electron chi connectivity index (χ2n) is 5.97. The quantitative estimate of drug-likeness (QED) is 0.798. The van der Waals surface area contributed by atoms with Gasteiger partial charge in [-0.05, 0) is 49.9 Å². The van der Waals surface area contributed by atoms with Crippen LogP contribution < -0.4 is 20.5 Å². The Morgan fingerprint density at radius 3 is 2.52 bits per heavy atom. The Labute approximate surface area is 144 Å². The molecule has 1 fully saturated rings. The third kappa shape index (κ3) is 6.28. The maximum atomic E-state index is 11.9. The van der Waals surface area contributed by atoms with E-state index < -0.39 is 0 Å². The Hall–Kier alpha value is -1.46. The van der Waals surface area contributed by atoms with Crippen molar-refractivity contribution in [3.63, 3.8) is 0 Å². The van der Waals surface area contributed by atoms with Gasteiger partial charge in [-0.15, -0.1) is 12.4 Å². The first-order chi connectivity index (χ1) is 10.6. The number of methoxy groups -OCH3 is 1. The lowest BCUT2D eigenvalue weighted by Gasteiger charge is -2.18. The average molecular weight is 343 g/mol. The first kappa shape index (κ1) is 19.6. The first-order valence-corrected chi connectivity index (χ1v) is 7.91. The SMILES string of the molecule is COc1ccc(OC(C)CNC(=O)C[C@@H]2CCC[C@H]2N)cc1.Cl. The summed E-state index contributed by atoms with van der Waals surface area (Å²) in [5.74, 6) is 1.95. The van der Waals surface area contributed by atoms with Gasteiger partial charge in [0, 0.05) is 12.5 Å². The highest BCUT2D eigenvalue weighted by Crippen LogP contribution is 2.26. The molecule has 0 heterocycles. The molecule has 1 aromatic carbocycles. The highest BCUT2D eigenvalue weighted by Gasteiger charge is 2.26. The monoisotopic (exact) mass is 342 g/mol. The zero-order chi connectivity index (χ0) is 15.9. The molecule has 0 spiro atoms. The van der Waals surface area contributed by atoms with Gasteiger partial charge in [0.15, 0.2) is 0 Å². The van der Waals surface area contributed by atoms with Crippen molar-refractivity contribution in [2.45, 2.75) is 44.8 Å². The zero-order valence-corrected chi connectivity index (χ0v) is 14.6. The third-order valence-electron chi connectivity index (χ3n) is 4.15. The Kier molecular flexibility index (Phi) is 8.20. The first-order valence-electron chi connectivity index (χ1n) is 7.91. The van der Waals surface area contributed by atoms with Crippen molar-refractivity contribution in [3.05, 3.63) is 24.3 Å². The highest BCUT2D eigenvalue weighted by molar-refractivity contribution is 5.85. The molecule has 6 heteroatoms. The standard InChI is InChI=1S/C17H26N2O3.ClH/c1-12(22-15-8-6-14(21-2)7-9-15)11-19-17(20)10-13-4-3-5-16(13)18;/h6-9,12-13,16H,3-5,10-11,18H2,1-2H3,(H,19,20);1H/t12?,13-,16+;/m0./s1. The molecule has 1 aromatic rings. The molecule has 1 unspecified atom stereocenters. The van der Waals surface area contributed by atoms with E-state index in [0.717, 1.165) is 30.8 Å². The topological polar surface area (TPSA) is 73.6 Å². The largest absolute Gasteiger partial charge is 0.497 e. The molecule has 0 saturated heterocycles. The summed E-state index contributed by atoms with van der Waals surface area (Å²) in [6, 6.07) is 7.59. The third-order valence-corrected chi connectivity index (χ3v) is 4.15. The molecule has 3 N–H and O–H groups in total. The van der Waals surface area contributed by atoms with Crippen LogP contribution in [0.2, 0.25) is 0 Å². The Balaban J connectivity index is 0.00000264. The van der Waals surface area contributed by atoms with Gasteiger partial charge in [0.25, 0.3) is 0 Å². The van der Waals surface area contributed by atoms with E-state index in [-0.39, 0.29) is 30.5 Å². The number of nitrogens with one attached hydrogen (secondary N) is 1. The summed E-state index contributed by atoms with van der Waals surface area (Å²) in [5, 5.41) is 2.93. The molecule has 0 radical (unpaired) electrons. The number of carbonyl (C=O) groups is 1. The normalized spacial score (nSPS) is 21.2. The fraction of sp³-hybridized carbons (Fsp3) is 0.588. The molecule has 130 valence electrons. The van der Waals surface area contributed by atoms with Crippen molar-refractivity contribution < 1.29 is 14.3 Å². The van der Waals surface area contributed by atoms with Gasteiger partial charge in [0.2, 0.25) is 5.91 Å². The number of rotatable bonds is 7. The Morgan fingerprint density at radius 2 is 1.96 bits per heavy atom. The van der Waals surface area contributed by atoms with Gasteiger partial charge >= 0.3 is 0 Å². The number of halogens is 1. The minimum absolute atomic E-state index is 0. The number of benzene rings is 1. The van der Waals surface area contributed by atoms with Crippen molar-refractivity contribution in [1.29, 1.82) is 0 Å². The van der Waals surface area contributed by atoms with Gasteiger partial charge in [0.1, 0.15) is 17.6 Å². The number of ether oxygens (including phenoxy) is 2. The van der Waals surface area contributed by atoms with Crippen LogP contribution in [0.25, 0.3) is 0 Å². The molecule has 1 saturated carbocycles. The summed E-state index contributed by atoms with van der Waals surface area (Å²) >= 11 is 0. The summed E-state index contributed by atoms with van der Waals surface area (Å²) < 4.78 is 10.9. The van der Waals surface area contributed by atoms with Gasteiger partial charge in [-0.3, -0.25) is 4.79 Å². The fourth-order valence-corrected chi connectivity index (χ4v) is 2.82. The molecule has 2 rings (SSSR count). The Morgan fingerprint density at radius 1 is 1.30 bits per heavy atom. The van der Waals surface area contributed by atoms with Crippen molar-refractivity contribution in [2.75, 3.05) is 13.7 Å². The minimum atomic E-state index is -0.0883. The smallest absolute Gasteiger partial charge is 0.220 e. The predicted octanol–water partition coefficient (Wildman–Crippen LogP) is 2.52. The van der Waals surface area contributed by atoms with Crippen LogP contribution in [0.4, 0.5) is 0 Å². The predicted molar refractivity (Wildman–Crippen MR) is 93.3 cm³/mol. The second kappa shape index (κ2) is 9.63. The molecule has 1 aliphatic carbocycles. The van der Waals surface area contributed by atoms with Crippen LogP contribution in [0.5, 0.6) is 11.5 Å². The van der Waals surface area contributed by atoms with Crippen molar-refractivity contribution in [1.82, 2.24) is 5.32 Å². The van der Waals surface area contributed by atoms with Gasteiger partial charge in [-0.25, -0.2) is 0 Å². The van der Waals surface area contributed by atoms with Crippen LogP contribution >= 0.6 is 12.4 Å². The molecule has 1 amide bonds. The highest BCUT2D eigenvalue weighted by atomic mass is 35.5. The summed E-state index contributed by atoms with van der Waals surface area (Å²) in [6.45, 7) is 2.43. The summed E-state index contributed by atoms with van der Waals surface area (Å²) in [7, 11) is 1.63. The lowest BCUT2D eigenvalue weighted by Crippen LogP contribution is -2.36. The maximum Gasteiger partial charge on any atom is 0.220 e. The number of nitrogens with two attached hydrogens (primary N) is 1. The van der Waals surface area contributed by atoms with E-state index in [1.165, 1.54) is 0 Å². The molecule has 5 nitrogen and oxygen atoms in total. The van der Waals surface area contributed by atoms with E-state index >= 15 is 0 Å². The van der Waals surface area contributed by atoms with Gasteiger partial charge in [-0.1, -0.05) is 6.42 Å². The molecule has 3 atom stereocenters. The number of amides is 1. The molecule has 0 aliphatic heterocycles. The van der Waals surface area contributed by atoms with Crippen molar-refractivity contribution in [2.24, 2.45) is 11.7 Å². The van der Waals surface area contributed by atoms with Crippen LogP contribution in [0, 0.1) is 5.92 Å². The van der Waals surface area contributed by atoms with E-state index in [0.29, 0.717) is 18.9 Å². The van der Waals surface area contributed by atoms with Crippen LogP contribution in [-0.4, -0.2) is 31.7 Å². The van der Waals surface area contributed by atoms with E-state index in [1.54, 1.807) is 7.11 Å². The summed E-state index contributed by atoms with van der Waals surface area (Å²) in [5.41, 5.74) is 5.99. The van der Waals surface area contributed by atoms with Gasteiger partial charge in [0.05, 0.1) is 13.7 Å². The maximum absolute atomic E-state index is 11.9. The van der Waals surface area contributed by atoms with Crippen LogP contribution in [0.15, 0.2) is 24.3 Å². The Bertz CT molecular complexity index is 481. The second-order valence-corrected chi connectivity index (χ2v) is 5.97. The summed E-state index contributed by atoms with van der Waals surface area (Å²) in [4.78, 5) is 11.9. The van der Waals surface area contributed by atoms with E-state index in [9.17, 15) is 4.79 Å². The van der Waals surface area contributed by atoms with Crippen molar-refractivity contribution in [3.8, 4) is 11.5 Å². The van der Waals surface area contributed by atoms with Crippen LogP contribution in [-0.2, 0) is 4.79 Å². The number of hydrogen-bond acceptors (Lipinski definition) is 4. The lowest BCUT2D eigenvalue weighted by molar-refractivity contribution is -0.122. The summed E-state index contributed by atoms with van der Waals surface area (Å²) in [6.07, 6.45) is 3.67. The van der Waals surface area contributed by atoms with Crippen LogP contribution in [0.1, 0.15) is 32.6 Å². The lowest BCUT2D eigenvalue weighted by atomic mass is 10.00. The average Bonchev–Trinajstić information content (AvgIpc) is 2.91. The molecular formula is C17H27ClN2O3. The van der Waals surface area contributed by atoms with Crippen molar-refractivity contribution >= 4 is 18.3 Å². The minimum Gasteiger partial charge on any atom is -0.497 e. The van der Waals surface area contributed by atoms with E-state index in [2.05, 4.69) is 5.32 Å². The molecule has 23 heavy (non-hydrogen) atoms. The molecule has 0 bridgehead atoms. The molecule has 0 aromatic heterocycles. The van der Waals surface area contributed by atoms with E-state index in [1.807, 2.05) is 31.2 Å². The molecule has 1 aliphatic rings. The fourth-order valence-electron chi connectivity index (χ4n) is 2.82. The molecular weight excluding hydrogens is 316 g/mol. The number of hydrogen-bond donors (Lipinski definition) is 2. The zero-order valence-electron chi connectivity index (χ0n) is 13.8.